The topological polar surface area (TPSA) is 173 Å². The maximum atomic E-state index is 13.4. The molecular formula is C111H82F2N10O6. The van der Waals surface area contributed by atoms with Gasteiger partial charge in [-0.25, -0.2) is 33.7 Å². The third-order valence-electron chi connectivity index (χ3n) is 21.6. The Morgan fingerprint density at radius 2 is 0.450 bits per heavy atom. The molecule has 0 bridgehead atoms. The van der Waals surface area contributed by atoms with Crippen LogP contribution in [0.25, 0.3) is 0 Å². The summed E-state index contributed by atoms with van der Waals surface area (Å²) in [5.74, 6) is -2.08. The van der Waals surface area contributed by atoms with Crippen LogP contribution in [0.3, 0.4) is 0 Å². The van der Waals surface area contributed by atoms with Crippen molar-refractivity contribution >= 4 is 143 Å². The Hall–Kier alpha value is -17.1. The normalized spacial score (nSPS) is 14.8. The van der Waals surface area contributed by atoms with Crippen molar-refractivity contribution in [3.05, 3.63) is 475 Å². The van der Waals surface area contributed by atoms with Gasteiger partial charge in [0.05, 0.1) is 56.9 Å². The van der Waals surface area contributed by atoms with Crippen LogP contribution in [0.2, 0.25) is 0 Å². The second-order valence-corrected chi connectivity index (χ2v) is 30.6. The van der Waals surface area contributed by atoms with Crippen LogP contribution in [-0.2, 0) is 29.9 Å². The molecule has 0 saturated heterocycles. The molecule has 0 unspecified atom stereocenters. The molecule has 0 spiro atoms. The van der Waals surface area contributed by atoms with Gasteiger partial charge in [0.15, 0.2) is 0 Å². The summed E-state index contributed by atoms with van der Waals surface area (Å²) < 4.78 is 32.6. The lowest BCUT2D eigenvalue weighted by Gasteiger charge is -2.16. The molecule has 16 nitrogen and oxygen atoms in total. The maximum Gasteiger partial charge on any atom is 0.282 e. The summed E-state index contributed by atoms with van der Waals surface area (Å²) in [7, 11) is 0. The molecule has 5 aliphatic rings. The van der Waals surface area contributed by atoms with Crippen LogP contribution >= 0.6 is 0 Å². The molecule has 5 amide bonds. The largest absolute Gasteiger partial charge is 0.457 e. The van der Waals surface area contributed by atoms with Crippen LogP contribution < -0.4 is 29.2 Å². The Bertz CT molecular complexity index is 6840. The highest BCUT2D eigenvalue weighted by Crippen LogP contribution is 2.43. The van der Waals surface area contributed by atoms with Crippen LogP contribution in [0, 0.1) is 20.8 Å². The number of ether oxygens (including phenoxy) is 1. The first-order valence-corrected chi connectivity index (χ1v) is 41.9. The number of amides is 5. The minimum Gasteiger partial charge on any atom is -0.457 e. The molecule has 21 rings (SSSR count). The predicted octanol–water partition coefficient (Wildman–Crippen LogP) is 26.3. The van der Waals surface area contributed by atoms with E-state index in [-0.39, 0.29) is 35.1 Å². The van der Waals surface area contributed by atoms with Crippen molar-refractivity contribution in [2.24, 2.45) is 25.0 Å². The summed E-state index contributed by atoms with van der Waals surface area (Å²) in [4.78, 5) is 96.9. The first kappa shape index (κ1) is 84.1. The minimum atomic E-state index is -2.91. The molecule has 0 atom stereocenters. The standard InChI is InChI=1S/C26H18N2O2.C22H16F2N2O.3C21H16N2O/c29-26-25(23-13-7-8-14-24(23)28(26)20-9-3-1-4-10-20)27-19-15-17-22(18-16-19)30-21-11-5-2-6-12-21;1-22(23,24)15-11-13-16(14-12-15)25-20-18-9-5-6-10-19(18)26(21(20)27)17-7-3-2-4-8-17;1-15-8-7-9-16(14-15)22-20-18-12-5-6-13-19(18)23(21(20)24)17-10-3-2-4-11-17;2*1-15-11-13-16(14-12-15)22-20-18-9-5-6-10-19(18)23(21(20)24)17-7-3-2-4-8-17/h1-18H;2-14H,1H3;3*2-14H,1H3. The fourth-order valence-corrected chi connectivity index (χ4v) is 15.3. The van der Waals surface area contributed by atoms with Crippen molar-refractivity contribution in [3.8, 4) is 11.5 Å². The molecule has 129 heavy (non-hydrogen) atoms. The number of carbonyl (C=O) groups excluding carboxylic acids is 5. The molecule has 5 aliphatic heterocycles. The smallest absolute Gasteiger partial charge is 0.282 e. The quantitative estimate of drug-likeness (QED) is 0.111. The summed E-state index contributed by atoms with van der Waals surface area (Å²) >= 11 is 0. The first-order chi connectivity index (χ1) is 63.0. The van der Waals surface area contributed by atoms with E-state index in [0.717, 1.165) is 120 Å². The zero-order valence-corrected chi connectivity index (χ0v) is 70.6. The highest BCUT2D eigenvalue weighted by molar-refractivity contribution is 6.59. The molecule has 16 aromatic rings. The summed E-state index contributed by atoms with van der Waals surface area (Å²) in [6.45, 7) is 6.93. The van der Waals surface area contributed by atoms with Gasteiger partial charge >= 0.3 is 0 Å². The molecule has 0 radical (unpaired) electrons. The zero-order chi connectivity index (χ0) is 88.9. The van der Waals surface area contributed by atoms with Gasteiger partial charge in [-0.3, -0.25) is 48.5 Å². The number of anilines is 10. The van der Waals surface area contributed by atoms with Gasteiger partial charge in [-0.2, -0.15) is 0 Å². The number of para-hydroxylation sites is 11. The highest BCUT2D eigenvalue weighted by Gasteiger charge is 2.40. The fourth-order valence-electron chi connectivity index (χ4n) is 15.3. The number of hydrogen-bond acceptors (Lipinski definition) is 11. The molecule has 5 heterocycles. The molecule has 18 heteroatoms. The van der Waals surface area contributed by atoms with Crippen molar-refractivity contribution in [1.29, 1.82) is 0 Å². The number of fused-ring (bicyclic) bond motifs is 5. The van der Waals surface area contributed by atoms with E-state index in [9.17, 15) is 32.8 Å². The van der Waals surface area contributed by atoms with E-state index in [0.29, 0.717) is 45.7 Å². The lowest BCUT2D eigenvalue weighted by molar-refractivity contribution is -0.112. The summed E-state index contributed by atoms with van der Waals surface area (Å²) in [6.07, 6.45) is 0. The van der Waals surface area contributed by atoms with Gasteiger partial charge in [-0.15, -0.1) is 0 Å². The van der Waals surface area contributed by atoms with Gasteiger partial charge in [0.25, 0.3) is 35.5 Å². The molecule has 0 fully saturated rings. The number of carbonyl (C=O) groups is 5. The lowest BCUT2D eigenvalue weighted by atomic mass is 10.1. The summed E-state index contributed by atoms with van der Waals surface area (Å²) in [6, 6.07) is 133. The third-order valence-corrected chi connectivity index (χ3v) is 21.6. The van der Waals surface area contributed by atoms with Crippen LogP contribution in [0.4, 0.5) is 94.1 Å². The Morgan fingerprint density at radius 3 is 0.713 bits per heavy atom. The molecule has 0 aromatic heterocycles. The molecule has 0 aliphatic carbocycles. The van der Waals surface area contributed by atoms with Crippen molar-refractivity contribution in [3.63, 3.8) is 0 Å². The monoisotopic (exact) mass is 1690 g/mol. The number of aryl methyl sites for hydroxylation is 3. The number of hydrogen-bond donors (Lipinski definition) is 0. The van der Waals surface area contributed by atoms with Gasteiger partial charge in [0.2, 0.25) is 0 Å². The van der Waals surface area contributed by atoms with E-state index in [1.165, 1.54) is 35.4 Å². The van der Waals surface area contributed by atoms with Gasteiger partial charge in [0.1, 0.15) is 40.1 Å². The number of nitrogens with zero attached hydrogens (tertiary/aromatic N) is 10. The van der Waals surface area contributed by atoms with E-state index in [2.05, 4.69) is 25.0 Å². The summed E-state index contributed by atoms with van der Waals surface area (Å²) in [5.41, 5.74) is 21.6. The minimum absolute atomic E-state index is 0.0875. The number of rotatable bonds is 13. The average Bonchev–Trinajstić information content (AvgIpc) is 1.64. The average molecular weight is 1690 g/mol. The fraction of sp³-hybridized carbons (Fsp3) is 0.0450. The Morgan fingerprint density at radius 1 is 0.225 bits per heavy atom. The van der Waals surface area contributed by atoms with Crippen molar-refractivity contribution < 1.29 is 37.5 Å². The molecule has 626 valence electrons. The van der Waals surface area contributed by atoms with Crippen molar-refractivity contribution in [2.75, 3.05) is 24.5 Å². The van der Waals surface area contributed by atoms with Gasteiger partial charge in [-0.05, 0) is 202 Å². The maximum absolute atomic E-state index is 13.4. The number of alkyl halides is 2. The Labute approximate surface area is 745 Å². The number of halogens is 2. The summed E-state index contributed by atoms with van der Waals surface area (Å²) in [5, 5.41) is 0. The van der Waals surface area contributed by atoms with E-state index >= 15 is 0 Å². The van der Waals surface area contributed by atoms with Crippen LogP contribution in [-0.4, -0.2) is 58.1 Å². The Kier molecular flexibility index (Phi) is 24.7. The zero-order valence-electron chi connectivity index (χ0n) is 70.6. The number of benzene rings is 16. The molecule has 0 N–H and O–H groups in total. The number of aliphatic imine (C=N–C) groups is 5. The van der Waals surface area contributed by atoms with E-state index < -0.39 is 5.92 Å². The van der Waals surface area contributed by atoms with Crippen LogP contribution in [0.15, 0.2) is 450 Å². The van der Waals surface area contributed by atoms with Gasteiger partial charge in [0, 0.05) is 68.7 Å². The van der Waals surface area contributed by atoms with Crippen LogP contribution in [0.5, 0.6) is 11.5 Å². The second kappa shape index (κ2) is 37.9. The van der Waals surface area contributed by atoms with Gasteiger partial charge in [-0.1, -0.05) is 260 Å². The first-order valence-electron chi connectivity index (χ1n) is 41.9. The predicted molar refractivity (Wildman–Crippen MR) is 514 cm³/mol. The highest BCUT2D eigenvalue weighted by atomic mass is 19.3. The van der Waals surface area contributed by atoms with Gasteiger partial charge < -0.3 is 4.74 Å². The van der Waals surface area contributed by atoms with Crippen molar-refractivity contribution in [1.82, 2.24) is 0 Å². The molecular weight excluding hydrogens is 1610 g/mol. The van der Waals surface area contributed by atoms with E-state index in [1.54, 1.807) is 24.5 Å². The van der Waals surface area contributed by atoms with Crippen molar-refractivity contribution in [2.45, 2.75) is 33.6 Å². The molecule has 16 aromatic carbocycles. The lowest BCUT2D eigenvalue weighted by Crippen LogP contribution is -2.25. The third kappa shape index (κ3) is 18.6. The second-order valence-electron chi connectivity index (χ2n) is 30.6. The molecule has 0 saturated carbocycles. The SMILES string of the molecule is CC(F)(F)c1ccc(N=C2C(=O)N(c3ccccc3)c3ccccc32)cc1.Cc1ccc(N=C2C(=O)N(c3ccccc3)c3ccccc32)cc1.Cc1ccc(N=C2C(=O)N(c3ccccc3)c3ccccc32)cc1.Cc1cccc(N=C2C(=O)N(c3ccccc3)c3ccccc32)c1.O=C1C(=Nc2ccc(Oc3ccccc3)cc2)c2ccccc2N1c1ccccc1. The Balaban J connectivity index is 0.000000114. The van der Waals surface area contributed by atoms with Crippen LogP contribution in [0.1, 0.15) is 57.0 Å². The van der Waals surface area contributed by atoms with E-state index in [1.807, 2.05) is 421 Å². The van der Waals surface area contributed by atoms with E-state index in [4.69, 9.17) is 4.74 Å².